The summed E-state index contributed by atoms with van der Waals surface area (Å²) >= 11 is 1.64. The fraction of sp³-hybridized carbons (Fsp3) is 0.364. The predicted octanol–water partition coefficient (Wildman–Crippen LogP) is 3.84. The van der Waals surface area contributed by atoms with E-state index in [1.165, 1.54) is 7.11 Å². The van der Waals surface area contributed by atoms with Crippen molar-refractivity contribution in [3.05, 3.63) is 65.7 Å². The van der Waals surface area contributed by atoms with Crippen molar-refractivity contribution >= 4 is 23.8 Å². The number of carbonyl (C=O) groups excluding carboxylic acids is 2. The Bertz CT molecular complexity index is 836. The van der Waals surface area contributed by atoms with Crippen LogP contribution in [-0.4, -0.2) is 50.0 Å². The van der Waals surface area contributed by atoms with Gasteiger partial charge in [-0.15, -0.1) is 11.8 Å². The van der Waals surface area contributed by atoms with E-state index in [0.717, 1.165) is 16.9 Å². The predicted molar refractivity (Wildman–Crippen MR) is 112 cm³/mol. The van der Waals surface area contributed by atoms with Crippen LogP contribution in [-0.2, 0) is 25.6 Å². The van der Waals surface area contributed by atoms with Crippen LogP contribution in [0.4, 0.5) is 4.79 Å². The van der Waals surface area contributed by atoms with Gasteiger partial charge in [-0.2, -0.15) is 0 Å². The molecule has 7 heteroatoms. The molecule has 0 unspecified atom stereocenters. The third-order valence-corrected chi connectivity index (χ3v) is 6.30. The van der Waals surface area contributed by atoms with Gasteiger partial charge in [0.05, 0.1) is 25.4 Å². The monoisotopic (exact) mass is 415 g/mol. The molecule has 2 aromatic carbocycles. The molecule has 1 saturated heterocycles. The van der Waals surface area contributed by atoms with Gasteiger partial charge in [-0.05, 0) is 11.6 Å². The van der Waals surface area contributed by atoms with Crippen LogP contribution in [0.5, 0.6) is 5.75 Å². The van der Waals surface area contributed by atoms with Crippen LogP contribution < -0.4 is 4.74 Å². The number of amides is 1. The smallest absolute Gasteiger partial charge is 0.410 e. The third-order valence-electron chi connectivity index (χ3n) is 4.87. The summed E-state index contributed by atoms with van der Waals surface area (Å²) in [7, 11) is 3.02. The quantitative estimate of drug-likeness (QED) is 0.611. The topological polar surface area (TPSA) is 65.1 Å². The first-order chi connectivity index (χ1) is 14.1. The number of nitrogens with zero attached hydrogens (tertiary/aromatic N) is 1. The molecule has 1 fully saturated rings. The number of methoxy groups -OCH3 is 2. The zero-order valence-corrected chi connectivity index (χ0v) is 17.4. The van der Waals surface area contributed by atoms with Crippen molar-refractivity contribution in [2.24, 2.45) is 0 Å². The third kappa shape index (κ3) is 5.03. The van der Waals surface area contributed by atoms with E-state index in [-0.39, 0.29) is 23.4 Å². The van der Waals surface area contributed by atoms with Crippen molar-refractivity contribution in [2.45, 2.75) is 17.8 Å². The van der Waals surface area contributed by atoms with Gasteiger partial charge in [0, 0.05) is 24.4 Å². The van der Waals surface area contributed by atoms with Crippen LogP contribution in [0.1, 0.15) is 17.5 Å². The molecule has 1 aliphatic rings. The summed E-state index contributed by atoms with van der Waals surface area (Å²) in [5, 5.41) is 0. The first kappa shape index (κ1) is 21.0. The Morgan fingerprint density at radius 3 is 2.41 bits per heavy atom. The second kappa shape index (κ2) is 9.69. The van der Waals surface area contributed by atoms with Crippen molar-refractivity contribution in [1.29, 1.82) is 0 Å². The SMILES string of the molecule is COC(=O)CCSC1(c2ccccc2OC)CN(C(=O)OCc2ccccc2)C1. The van der Waals surface area contributed by atoms with E-state index in [9.17, 15) is 9.59 Å². The van der Waals surface area contributed by atoms with Crippen LogP contribution >= 0.6 is 11.8 Å². The maximum Gasteiger partial charge on any atom is 0.410 e. The lowest BCUT2D eigenvalue weighted by Gasteiger charge is -2.49. The number of hydrogen-bond acceptors (Lipinski definition) is 6. The summed E-state index contributed by atoms with van der Waals surface area (Å²) in [6.07, 6.45) is -0.0239. The molecule has 6 nitrogen and oxygen atoms in total. The van der Waals surface area contributed by atoms with E-state index in [0.29, 0.717) is 25.3 Å². The minimum Gasteiger partial charge on any atom is -0.496 e. The molecule has 0 aromatic heterocycles. The fourth-order valence-corrected chi connectivity index (χ4v) is 4.78. The fourth-order valence-electron chi connectivity index (χ4n) is 3.30. The molecule has 29 heavy (non-hydrogen) atoms. The highest BCUT2D eigenvalue weighted by molar-refractivity contribution is 8.00. The van der Waals surface area contributed by atoms with Gasteiger partial charge in [0.2, 0.25) is 0 Å². The minimum atomic E-state index is -0.341. The molecule has 3 rings (SSSR count). The maximum absolute atomic E-state index is 12.5. The van der Waals surface area contributed by atoms with Crippen molar-refractivity contribution in [1.82, 2.24) is 4.90 Å². The zero-order valence-electron chi connectivity index (χ0n) is 16.6. The van der Waals surface area contributed by atoms with Crippen molar-refractivity contribution in [3.63, 3.8) is 0 Å². The highest BCUT2D eigenvalue weighted by atomic mass is 32.2. The van der Waals surface area contributed by atoms with E-state index in [2.05, 4.69) is 0 Å². The molecule has 0 N–H and O–H groups in total. The lowest BCUT2D eigenvalue weighted by molar-refractivity contribution is -0.140. The normalized spacial score (nSPS) is 14.6. The average Bonchev–Trinajstić information content (AvgIpc) is 2.74. The van der Waals surface area contributed by atoms with Crippen molar-refractivity contribution in [3.8, 4) is 5.75 Å². The largest absolute Gasteiger partial charge is 0.496 e. The van der Waals surface area contributed by atoms with Gasteiger partial charge in [0.15, 0.2) is 0 Å². The van der Waals surface area contributed by atoms with Crippen LogP contribution in [0.25, 0.3) is 0 Å². The standard InChI is InChI=1S/C22H25NO5S/c1-26-19-11-7-6-10-18(19)22(29-13-12-20(24)27-2)15-23(16-22)21(25)28-14-17-8-4-3-5-9-17/h3-11H,12-16H2,1-2H3. The summed E-state index contributed by atoms with van der Waals surface area (Å²) in [6, 6.07) is 17.4. The minimum absolute atomic E-state index is 0.243. The molecule has 0 spiro atoms. The Hall–Kier alpha value is -2.67. The molecule has 1 heterocycles. The van der Waals surface area contributed by atoms with E-state index in [1.807, 2.05) is 54.6 Å². The van der Waals surface area contributed by atoms with Gasteiger partial charge in [-0.25, -0.2) is 4.79 Å². The number of benzene rings is 2. The first-order valence-electron chi connectivity index (χ1n) is 9.38. The molecule has 0 bridgehead atoms. The summed E-state index contributed by atoms with van der Waals surface area (Å²) in [6.45, 7) is 1.23. The van der Waals surface area contributed by atoms with Gasteiger partial charge >= 0.3 is 12.1 Å². The van der Waals surface area contributed by atoms with Gasteiger partial charge in [-0.3, -0.25) is 4.79 Å². The molecule has 2 aromatic rings. The molecule has 0 aliphatic carbocycles. The van der Waals surface area contributed by atoms with Gasteiger partial charge in [0.25, 0.3) is 0 Å². The summed E-state index contributed by atoms with van der Waals surface area (Å²) in [5.74, 6) is 1.12. The van der Waals surface area contributed by atoms with Crippen LogP contribution in [0.3, 0.4) is 0 Å². The van der Waals surface area contributed by atoms with E-state index in [1.54, 1.807) is 23.8 Å². The molecule has 0 saturated carbocycles. The molecule has 0 radical (unpaired) electrons. The zero-order chi connectivity index (χ0) is 20.7. The van der Waals surface area contributed by atoms with Crippen molar-refractivity contribution < 1.29 is 23.8 Å². The number of likely N-dealkylation sites (tertiary alicyclic amines) is 1. The number of hydrogen-bond donors (Lipinski definition) is 0. The van der Waals surface area contributed by atoms with Gasteiger partial charge in [-0.1, -0.05) is 48.5 Å². The number of para-hydroxylation sites is 1. The Balaban J connectivity index is 1.66. The lowest BCUT2D eigenvalue weighted by atomic mass is 9.90. The van der Waals surface area contributed by atoms with E-state index < -0.39 is 0 Å². The van der Waals surface area contributed by atoms with E-state index in [4.69, 9.17) is 14.2 Å². The molecule has 0 atom stereocenters. The van der Waals surface area contributed by atoms with Gasteiger partial charge in [0.1, 0.15) is 12.4 Å². The lowest BCUT2D eigenvalue weighted by Crippen LogP contribution is -2.59. The highest BCUT2D eigenvalue weighted by Crippen LogP contribution is 2.48. The number of carbonyl (C=O) groups is 2. The molecular weight excluding hydrogens is 390 g/mol. The maximum atomic E-state index is 12.5. The number of thioether (sulfide) groups is 1. The Labute approximate surface area is 175 Å². The first-order valence-corrected chi connectivity index (χ1v) is 10.4. The number of rotatable bonds is 8. The summed E-state index contributed by atoms with van der Waals surface area (Å²) in [4.78, 5) is 25.7. The Morgan fingerprint density at radius 2 is 1.72 bits per heavy atom. The Morgan fingerprint density at radius 1 is 1.03 bits per heavy atom. The second-order valence-corrected chi connectivity index (χ2v) is 8.24. The number of ether oxygens (including phenoxy) is 3. The average molecular weight is 416 g/mol. The molecule has 1 amide bonds. The Kier molecular flexibility index (Phi) is 7.04. The van der Waals surface area contributed by atoms with Crippen LogP contribution in [0.2, 0.25) is 0 Å². The van der Waals surface area contributed by atoms with E-state index >= 15 is 0 Å². The van der Waals surface area contributed by atoms with Gasteiger partial charge < -0.3 is 19.1 Å². The second-order valence-electron chi connectivity index (χ2n) is 6.77. The van der Waals surface area contributed by atoms with Crippen LogP contribution in [0, 0.1) is 0 Å². The number of esters is 1. The van der Waals surface area contributed by atoms with Crippen molar-refractivity contribution in [2.75, 3.05) is 33.1 Å². The molecular formula is C22H25NO5S. The van der Waals surface area contributed by atoms with Crippen LogP contribution in [0.15, 0.2) is 54.6 Å². The summed E-state index contributed by atoms with van der Waals surface area (Å²) < 4.78 is 15.4. The summed E-state index contributed by atoms with van der Waals surface area (Å²) in [5.41, 5.74) is 1.97. The molecule has 1 aliphatic heterocycles. The highest BCUT2D eigenvalue weighted by Gasteiger charge is 2.49. The molecule has 154 valence electrons.